The fourth-order valence-electron chi connectivity index (χ4n) is 5.00. The Morgan fingerprint density at radius 3 is 2.73 bits per heavy atom. The maximum atomic E-state index is 12.9. The van der Waals surface area contributed by atoms with Gasteiger partial charge in [-0.3, -0.25) is 9.59 Å². The molecule has 0 bridgehead atoms. The molecule has 0 saturated carbocycles. The smallest absolute Gasteiger partial charge is 0.355 e. The van der Waals surface area contributed by atoms with Crippen LogP contribution in [0.1, 0.15) is 85.6 Å². The second kappa shape index (κ2) is 12.1. The first kappa shape index (κ1) is 25.1. The van der Waals surface area contributed by atoms with Crippen LogP contribution in [0.25, 0.3) is 0 Å². The Hall–Kier alpha value is -2.57. The zero-order valence-corrected chi connectivity index (χ0v) is 20.4. The topological polar surface area (TPSA) is 91.5 Å². The van der Waals surface area contributed by atoms with E-state index in [0.717, 1.165) is 48.9 Å². The zero-order chi connectivity index (χ0) is 23.8. The Morgan fingerprint density at radius 2 is 2.00 bits per heavy atom. The molecule has 2 heterocycles. The minimum atomic E-state index is -0.361. The SMILES string of the molecule is CCOC(=O)c1[nH]c(C)c(CCC(=O)N2CCCC(C(=O)NCCC3=CCCCC3)C2)c1C. The van der Waals surface area contributed by atoms with E-state index in [1.54, 1.807) is 6.92 Å². The standard InChI is InChI=1S/C26H39N3O4/c1-4-33-26(32)24-18(2)22(19(3)28-24)12-13-23(30)29-16-8-11-21(17-29)25(31)27-15-14-20-9-6-5-7-10-20/h9,21,28H,4-8,10-17H2,1-3H3,(H,27,31). The molecule has 0 spiro atoms. The van der Waals surface area contributed by atoms with Crippen LogP contribution < -0.4 is 5.32 Å². The number of esters is 1. The molecule has 2 aliphatic rings. The molecule has 1 fully saturated rings. The molecule has 1 unspecified atom stereocenters. The summed E-state index contributed by atoms with van der Waals surface area (Å²) in [5.41, 5.74) is 4.67. The predicted octanol–water partition coefficient (Wildman–Crippen LogP) is 3.99. The molecule has 2 amide bonds. The predicted molar refractivity (Wildman–Crippen MR) is 128 cm³/mol. The summed E-state index contributed by atoms with van der Waals surface area (Å²) in [6, 6.07) is 0. The maximum Gasteiger partial charge on any atom is 0.355 e. The molecule has 7 heteroatoms. The van der Waals surface area contributed by atoms with E-state index >= 15 is 0 Å². The number of carbonyl (C=O) groups excluding carboxylic acids is 3. The Balaban J connectivity index is 1.48. The number of allylic oxidation sites excluding steroid dienone is 1. The third kappa shape index (κ3) is 6.71. The van der Waals surface area contributed by atoms with Gasteiger partial charge in [0.05, 0.1) is 12.5 Å². The van der Waals surface area contributed by atoms with E-state index in [0.29, 0.717) is 44.8 Å². The van der Waals surface area contributed by atoms with E-state index < -0.39 is 0 Å². The molecule has 0 radical (unpaired) electrons. The lowest BCUT2D eigenvalue weighted by atomic mass is 9.95. The van der Waals surface area contributed by atoms with Gasteiger partial charge >= 0.3 is 5.97 Å². The summed E-state index contributed by atoms with van der Waals surface area (Å²) in [6.07, 6.45) is 10.7. The summed E-state index contributed by atoms with van der Waals surface area (Å²) >= 11 is 0. The first-order valence-electron chi connectivity index (χ1n) is 12.5. The normalized spacial score (nSPS) is 18.6. The van der Waals surface area contributed by atoms with Crippen molar-refractivity contribution in [3.63, 3.8) is 0 Å². The Bertz CT molecular complexity index is 886. The largest absolute Gasteiger partial charge is 0.461 e. The second-order valence-corrected chi connectivity index (χ2v) is 9.28. The van der Waals surface area contributed by atoms with E-state index in [9.17, 15) is 14.4 Å². The molecule has 1 aromatic heterocycles. The van der Waals surface area contributed by atoms with E-state index in [-0.39, 0.29) is 23.7 Å². The number of nitrogens with zero attached hydrogens (tertiary/aromatic N) is 1. The average molecular weight is 458 g/mol. The van der Waals surface area contributed by atoms with Gasteiger partial charge in [0.1, 0.15) is 5.69 Å². The highest BCUT2D eigenvalue weighted by atomic mass is 16.5. The van der Waals surface area contributed by atoms with Crippen molar-refractivity contribution in [1.82, 2.24) is 15.2 Å². The second-order valence-electron chi connectivity index (χ2n) is 9.28. The highest BCUT2D eigenvalue weighted by molar-refractivity contribution is 5.90. The third-order valence-corrected chi connectivity index (χ3v) is 6.94. The van der Waals surface area contributed by atoms with Crippen LogP contribution in [0.4, 0.5) is 0 Å². The zero-order valence-electron chi connectivity index (χ0n) is 20.4. The average Bonchev–Trinajstić information content (AvgIpc) is 3.11. The molecular formula is C26H39N3O4. The summed E-state index contributed by atoms with van der Waals surface area (Å²) in [4.78, 5) is 42.6. The van der Waals surface area contributed by atoms with Gasteiger partial charge in [0.2, 0.25) is 11.8 Å². The summed E-state index contributed by atoms with van der Waals surface area (Å²) in [6.45, 7) is 7.79. The number of ether oxygens (including phenoxy) is 1. The molecule has 33 heavy (non-hydrogen) atoms. The quantitative estimate of drug-likeness (QED) is 0.433. The number of aryl methyl sites for hydroxylation is 1. The lowest BCUT2D eigenvalue weighted by Gasteiger charge is -2.32. The lowest BCUT2D eigenvalue weighted by molar-refractivity contribution is -0.135. The molecule has 1 atom stereocenters. The van der Waals surface area contributed by atoms with Crippen LogP contribution in [0.3, 0.4) is 0 Å². The van der Waals surface area contributed by atoms with Crippen LogP contribution in [-0.4, -0.2) is 53.9 Å². The molecule has 2 N–H and O–H groups in total. The maximum absolute atomic E-state index is 12.9. The first-order valence-corrected chi connectivity index (χ1v) is 12.5. The molecule has 182 valence electrons. The number of aromatic nitrogens is 1. The van der Waals surface area contributed by atoms with Crippen LogP contribution in [0, 0.1) is 19.8 Å². The molecule has 1 aliphatic heterocycles. The Labute approximate surface area is 197 Å². The molecule has 3 rings (SSSR count). The van der Waals surface area contributed by atoms with E-state index in [2.05, 4.69) is 16.4 Å². The number of likely N-dealkylation sites (tertiary alicyclic amines) is 1. The van der Waals surface area contributed by atoms with Gasteiger partial charge in [-0.2, -0.15) is 0 Å². The van der Waals surface area contributed by atoms with Gasteiger partial charge in [-0.25, -0.2) is 4.79 Å². The van der Waals surface area contributed by atoms with E-state index in [1.807, 2.05) is 18.7 Å². The number of H-pyrrole nitrogens is 1. The summed E-state index contributed by atoms with van der Waals surface area (Å²) < 4.78 is 5.11. The number of rotatable bonds is 9. The van der Waals surface area contributed by atoms with Crippen LogP contribution in [0.2, 0.25) is 0 Å². The van der Waals surface area contributed by atoms with Crippen LogP contribution in [-0.2, 0) is 20.7 Å². The number of piperidine rings is 1. The number of nitrogens with one attached hydrogen (secondary N) is 2. The molecule has 0 aromatic carbocycles. The lowest BCUT2D eigenvalue weighted by Crippen LogP contribution is -2.45. The minimum Gasteiger partial charge on any atom is -0.461 e. The van der Waals surface area contributed by atoms with Gasteiger partial charge in [0.25, 0.3) is 0 Å². The van der Waals surface area contributed by atoms with Crippen molar-refractivity contribution < 1.29 is 19.1 Å². The van der Waals surface area contributed by atoms with Crippen molar-refractivity contribution in [3.05, 3.63) is 34.2 Å². The number of hydrogen-bond acceptors (Lipinski definition) is 4. The fourth-order valence-corrected chi connectivity index (χ4v) is 5.00. The minimum absolute atomic E-state index is 0.0672. The fraction of sp³-hybridized carbons (Fsp3) is 0.654. The van der Waals surface area contributed by atoms with Gasteiger partial charge in [-0.15, -0.1) is 0 Å². The van der Waals surface area contributed by atoms with Gasteiger partial charge in [0.15, 0.2) is 0 Å². The number of carbonyl (C=O) groups is 3. The third-order valence-electron chi connectivity index (χ3n) is 6.94. The highest BCUT2D eigenvalue weighted by Gasteiger charge is 2.28. The van der Waals surface area contributed by atoms with Crippen LogP contribution in [0.15, 0.2) is 11.6 Å². The van der Waals surface area contributed by atoms with Crippen LogP contribution in [0.5, 0.6) is 0 Å². The molecular weight excluding hydrogens is 418 g/mol. The van der Waals surface area contributed by atoms with Crippen LogP contribution >= 0.6 is 0 Å². The van der Waals surface area contributed by atoms with Crippen molar-refractivity contribution in [2.24, 2.45) is 5.92 Å². The van der Waals surface area contributed by atoms with Gasteiger partial charge in [-0.05, 0) is 83.3 Å². The highest BCUT2D eigenvalue weighted by Crippen LogP contribution is 2.23. The van der Waals surface area contributed by atoms with Crippen molar-refractivity contribution in [2.75, 3.05) is 26.2 Å². The number of aromatic amines is 1. The number of hydrogen-bond donors (Lipinski definition) is 2. The monoisotopic (exact) mass is 457 g/mol. The molecule has 1 aromatic rings. The summed E-state index contributed by atoms with van der Waals surface area (Å²) in [7, 11) is 0. The van der Waals surface area contributed by atoms with E-state index in [4.69, 9.17) is 4.74 Å². The van der Waals surface area contributed by atoms with Gasteiger partial charge in [-0.1, -0.05) is 11.6 Å². The summed E-state index contributed by atoms with van der Waals surface area (Å²) in [5.74, 6) is -0.354. The Morgan fingerprint density at radius 1 is 1.18 bits per heavy atom. The van der Waals surface area contributed by atoms with Gasteiger partial charge < -0.3 is 19.9 Å². The first-order chi connectivity index (χ1) is 15.9. The van der Waals surface area contributed by atoms with Crippen molar-refractivity contribution in [1.29, 1.82) is 0 Å². The molecule has 1 saturated heterocycles. The number of amides is 2. The van der Waals surface area contributed by atoms with Crippen molar-refractivity contribution in [2.45, 2.75) is 78.6 Å². The molecule has 7 nitrogen and oxygen atoms in total. The van der Waals surface area contributed by atoms with Crippen molar-refractivity contribution >= 4 is 17.8 Å². The van der Waals surface area contributed by atoms with Gasteiger partial charge in [0, 0.05) is 31.7 Å². The Kier molecular flexibility index (Phi) is 9.15. The van der Waals surface area contributed by atoms with E-state index in [1.165, 1.54) is 18.4 Å². The van der Waals surface area contributed by atoms with Crippen molar-refractivity contribution in [3.8, 4) is 0 Å². The summed E-state index contributed by atoms with van der Waals surface area (Å²) in [5, 5.41) is 3.09. The molecule has 1 aliphatic carbocycles.